The third-order valence-electron chi connectivity index (χ3n) is 5.32. The summed E-state index contributed by atoms with van der Waals surface area (Å²) in [6.07, 6.45) is 3.92. The Kier molecular flexibility index (Phi) is 7.03. The van der Waals surface area contributed by atoms with Gasteiger partial charge in [-0.05, 0) is 43.6 Å². The summed E-state index contributed by atoms with van der Waals surface area (Å²) < 4.78 is 5.82. The summed E-state index contributed by atoms with van der Waals surface area (Å²) in [6, 6.07) is 15.9. The number of ether oxygens (including phenoxy) is 1. The molecule has 0 unspecified atom stereocenters. The number of benzene rings is 1. The normalized spacial score (nSPS) is 15.0. The van der Waals surface area contributed by atoms with E-state index in [0.717, 1.165) is 49.9 Å². The summed E-state index contributed by atoms with van der Waals surface area (Å²) in [7, 11) is 0. The molecule has 0 atom stereocenters. The van der Waals surface area contributed by atoms with Crippen LogP contribution in [0.15, 0.2) is 54.0 Å². The first-order chi connectivity index (χ1) is 14.8. The van der Waals surface area contributed by atoms with E-state index in [2.05, 4.69) is 32.7 Å². The summed E-state index contributed by atoms with van der Waals surface area (Å²) >= 11 is 1.61. The zero-order chi connectivity index (χ0) is 20.6. The van der Waals surface area contributed by atoms with Gasteiger partial charge in [-0.15, -0.1) is 11.3 Å². The van der Waals surface area contributed by atoms with Gasteiger partial charge in [0, 0.05) is 17.8 Å². The monoisotopic (exact) mass is 419 g/mol. The van der Waals surface area contributed by atoms with Crippen LogP contribution in [-0.4, -0.2) is 41.1 Å². The standard InChI is InChI=1S/C23H25N5OS/c24-14-20-6-7-21(15-25-20)26-23-27-22(17-30-23)19-8-10-28(11-9-19)12-13-29-16-18-4-2-1-3-5-18/h1-7,15,17,19H,8-13,16H2,(H,26,27). The van der Waals surface area contributed by atoms with Gasteiger partial charge in [0.25, 0.3) is 0 Å². The number of nitrogens with one attached hydrogen (secondary N) is 1. The number of hydrogen-bond acceptors (Lipinski definition) is 7. The van der Waals surface area contributed by atoms with E-state index in [1.54, 1.807) is 23.6 Å². The van der Waals surface area contributed by atoms with Crippen molar-refractivity contribution in [1.82, 2.24) is 14.9 Å². The second-order valence-electron chi connectivity index (χ2n) is 7.40. The molecule has 1 N–H and O–H groups in total. The third kappa shape index (κ3) is 5.63. The van der Waals surface area contributed by atoms with Crippen LogP contribution in [0.1, 0.15) is 35.7 Å². The average molecular weight is 420 g/mol. The van der Waals surface area contributed by atoms with E-state index < -0.39 is 0 Å². The molecule has 2 aromatic heterocycles. The van der Waals surface area contributed by atoms with E-state index in [9.17, 15) is 0 Å². The van der Waals surface area contributed by atoms with Crippen LogP contribution in [0.3, 0.4) is 0 Å². The molecule has 0 radical (unpaired) electrons. The average Bonchev–Trinajstić information content (AvgIpc) is 3.27. The number of anilines is 2. The summed E-state index contributed by atoms with van der Waals surface area (Å²) in [5, 5.41) is 15.1. The van der Waals surface area contributed by atoms with Crippen molar-refractivity contribution >= 4 is 22.2 Å². The molecule has 1 aliphatic rings. The second-order valence-corrected chi connectivity index (χ2v) is 8.26. The van der Waals surface area contributed by atoms with Crippen molar-refractivity contribution in [1.29, 1.82) is 5.26 Å². The van der Waals surface area contributed by atoms with Crippen molar-refractivity contribution in [3.63, 3.8) is 0 Å². The van der Waals surface area contributed by atoms with Crippen molar-refractivity contribution in [2.24, 2.45) is 0 Å². The first-order valence-corrected chi connectivity index (χ1v) is 11.1. The fraction of sp³-hybridized carbons (Fsp3) is 0.348. The molecule has 0 aliphatic carbocycles. The lowest BCUT2D eigenvalue weighted by molar-refractivity contribution is 0.0838. The molecule has 4 rings (SSSR count). The minimum atomic E-state index is 0.414. The number of thiazole rings is 1. The van der Waals surface area contributed by atoms with Gasteiger partial charge in [-0.25, -0.2) is 9.97 Å². The summed E-state index contributed by atoms with van der Waals surface area (Å²) in [5.74, 6) is 0.511. The van der Waals surface area contributed by atoms with Gasteiger partial charge in [0.15, 0.2) is 5.13 Å². The minimum absolute atomic E-state index is 0.414. The van der Waals surface area contributed by atoms with Crippen LogP contribution in [0, 0.1) is 11.3 Å². The fourth-order valence-corrected chi connectivity index (χ4v) is 4.41. The van der Waals surface area contributed by atoms with Gasteiger partial charge in [0.2, 0.25) is 0 Å². The molecule has 0 spiro atoms. The highest BCUT2D eigenvalue weighted by Crippen LogP contribution is 2.31. The number of piperidine rings is 1. The Hall–Kier alpha value is -2.79. The maximum atomic E-state index is 8.84. The van der Waals surface area contributed by atoms with Gasteiger partial charge in [0.1, 0.15) is 11.8 Å². The Labute approximate surface area is 181 Å². The number of hydrogen-bond donors (Lipinski definition) is 1. The van der Waals surface area contributed by atoms with Gasteiger partial charge >= 0.3 is 0 Å². The molecule has 1 fully saturated rings. The summed E-state index contributed by atoms with van der Waals surface area (Å²) in [4.78, 5) is 11.3. The Morgan fingerprint density at radius 1 is 1.17 bits per heavy atom. The van der Waals surface area contributed by atoms with Crippen molar-refractivity contribution in [2.45, 2.75) is 25.4 Å². The maximum Gasteiger partial charge on any atom is 0.187 e. The summed E-state index contributed by atoms with van der Waals surface area (Å²) in [5.41, 5.74) is 3.66. The van der Waals surface area contributed by atoms with Gasteiger partial charge in [-0.2, -0.15) is 5.26 Å². The van der Waals surface area contributed by atoms with Crippen LogP contribution in [0.2, 0.25) is 0 Å². The molecule has 154 valence electrons. The van der Waals surface area contributed by atoms with Crippen LogP contribution in [-0.2, 0) is 11.3 Å². The quantitative estimate of drug-likeness (QED) is 0.540. The first-order valence-electron chi connectivity index (χ1n) is 10.2. The molecule has 7 heteroatoms. The minimum Gasteiger partial charge on any atom is -0.375 e. The first kappa shape index (κ1) is 20.5. The number of nitrogens with zero attached hydrogens (tertiary/aromatic N) is 4. The van der Waals surface area contributed by atoms with E-state index >= 15 is 0 Å². The number of rotatable bonds is 8. The van der Waals surface area contributed by atoms with Crippen molar-refractivity contribution < 1.29 is 4.74 Å². The molecule has 3 aromatic rings. The number of nitriles is 1. The lowest BCUT2D eigenvalue weighted by atomic mass is 9.94. The number of pyridine rings is 1. The van der Waals surface area contributed by atoms with Crippen molar-refractivity contribution in [3.05, 3.63) is 71.0 Å². The molecular formula is C23H25N5OS. The zero-order valence-electron chi connectivity index (χ0n) is 16.8. The molecule has 0 bridgehead atoms. The van der Waals surface area contributed by atoms with E-state index in [0.29, 0.717) is 18.2 Å². The van der Waals surface area contributed by atoms with E-state index in [1.165, 1.54) is 11.3 Å². The van der Waals surface area contributed by atoms with Gasteiger partial charge in [0.05, 0.1) is 30.8 Å². The smallest absolute Gasteiger partial charge is 0.187 e. The molecule has 0 amide bonds. The maximum absolute atomic E-state index is 8.84. The lowest BCUT2D eigenvalue weighted by Gasteiger charge is -2.31. The van der Waals surface area contributed by atoms with Crippen LogP contribution in [0.25, 0.3) is 0 Å². The van der Waals surface area contributed by atoms with Crippen LogP contribution in [0.5, 0.6) is 0 Å². The Balaban J connectivity index is 1.19. The molecule has 1 aliphatic heterocycles. The molecular weight excluding hydrogens is 394 g/mol. The molecule has 1 saturated heterocycles. The third-order valence-corrected chi connectivity index (χ3v) is 6.10. The van der Waals surface area contributed by atoms with E-state index in [1.807, 2.05) is 30.3 Å². The molecule has 1 aromatic carbocycles. The zero-order valence-corrected chi connectivity index (χ0v) is 17.6. The van der Waals surface area contributed by atoms with Crippen molar-refractivity contribution in [3.8, 4) is 6.07 Å². The highest BCUT2D eigenvalue weighted by atomic mass is 32.1. The van der Waals surface area contributed by atoms with Crippen LogP contribution >= 0.6 is 11.3 Å². The predicted octanol–water partition coefficient (Wildman–Crippen LogP) is 4.55. The van der Waals surface area contributed by atoms with E-state index in [-0.39, 0.29) is 0 Å². The van der Waals surface area contributed by atoms with Gasteiger partial charge in [-0.3, -0.25) is 0 Å². The number of aromatic nitrogens is 2. The topological polar surface area (TPSA) is 74.1 Å². The number of likely N-dealkylation sites (tertiary alicyclic amines) is 1. The molecule has 3 heterocycles. The molecule has 0 saturated carbocycles. The highest BCUT2D eigenvalue weighted by molar-refractivity contribution is 7.13. The Morgan fingerprint density at radius 2 is 2.00 bits per heavy atom. The second kappa shape index (κ2) is 10.3. The van der Waals surface area contributed by atoms with Crippen LogP contribution in [0.4, 0.5) is 10.8 Å². The largest absolute Gasteiger partial charge is 0.375 e. The Bertz CT molecular complexity index is 959. The summed E-state index contributed by atoms with van der Waals surface area (Å²) in [6.45, 7) is 4.59. The van der Waals surface area contributed by atoms with Gasteiger partial charge < -0.3 is 15.0 Å². The lowest BCUT2D eigenvalue weighted by Crippen LogP contribution is -2.35. The molecule has 6 nitrogen and oxygen atoms in total. The van der Waals surface area contributed by atoms with Crippen molar-refractivity contribution in [2.75, 3.05) is 31.6 Å². The van der Waals surface area contributed by atoms with Gasteiger partial charge in [-0.1, -0.05) is 30.3 Å². The SMILES string of the molecule is N#Cc1ccc(Nc2nc(C3CCN(CCOCc4ccccc4)CC3)cs2)cn1. The molecule has 30 heavy (non-hydrogen) atoms. The highest BCUT2D eigenvalue weighted by Gasteiger charge is 2.22. The Morgan fingerprint density at radius 3 is 2.73 bits per heavy atom. The fourth-order valence-electron chi connectivity index (χ4n) is 3.60. The van der Waals surface area contributed by atoms with Crippen LogP contribution < -0.4 is 5.32 Å². The van der Waals surface area contributed by atoms with E-state index in [4.69, 9.17) is 15.0 Å². The predicted molar refractivity (Wildman–Crippen MR) is 119 cm³/mol.